The summed E-state index contributed by atoms with van der Waals surface area (Å²) in [6, 6.07) is 5.89. The molecule has 3 rings (SSSR count). The fraction of sp³-hybridized carbons (Fsp3) is 0.278. The smallest absolute Gasteiger partial charge is 0.277 e. The third kappa shape index (κ3) is 3.71. The summed E-state index contributed by atoms with van der Waals surface area (Å²) in [5.74, 6) is 0.402. The van der Waals surface area contributed by atoms with Crippen LogP contribution in [0.5, 0.6) is 5.75 Å². The summed E-state index contributed by atoms with van der Waals surface area (Å²) >= 11 is 1.58. The molecule has 2 heterocycles. The monoisotopic (exact) mass is 356 g/mol. The number of hydrogen-bond donors (Lipinski definition) is 1. The van der Waals surface area contributed by atoms with Gasteiger partial charge >= 0.3 is 0 Å². The molecule has 1 amide bonds. The predicted octanol–water partition coefficient (Wildman–Crippen LogP) is 3.16. The lowest BCUT2D eigenvalue weighted by molar-refractivity contribution is -0.123. The van der Waals surface area contributed by atoms with Crippen LogP contribution in [0, 0.1) is 27.7 Å². The number of nitrogens with one attached hydrogen (secondary N) is 1. The van der Waals surface area contributed by atoms with Crippen LogP contribution in [0.3, 0.4) is 0 Å². The summed E-state index contributed by atoms with van der Waals surface area (Å²) in [6.45, 7) is 7.78. The van der Waals surface area contributed by atoms with Crippen molar-refractivity contribution in [1.29, 1.82) is 0 Å². The largest absolute Gasteiger partial charge is 0.483 e. The Labute approximate surface area is 150 Å². The average molecular weight is 356 g/mol. The van der Waals surface area contributed by atoms with Crippen LogP contribution in [-0.4, -0.2) is 28.1 Å². The van der Waals surface area contributed by atoms with Gasteiger partial charge in [0.25, 0.3) is 5.91 Å². The topological polar surface area (TPSA) is 68.0 Å². The Morgan fingerprint density at radius 3 is 2.96 bits per heavy atom. The number of carbonyl (C=O) groups is 1. The van der Waals surface area contributed by atoms with Gasteiger partial charge in [-0.15, -0.1) is 11.3 Å². The Hall–Kier alpha value is -2.67. The zero-order valence-electron chi connectivity index (χ0n) is 14.7. The Kier molecular flexibility index (Phi) is 4.85. The van der Waals surface area contributed by atoms with Crippen LogP contribution in [0.25, 0.3) is 4.96 Å². The Balaban J connectivity index is 1.62. The van der Waals surface area contributed by atoms with Crippen molar-refractivity contribution in [2.24, 2.45) is 5.10 Å². The molecular weight excluding hydrogens is 336 g/mol. The number of carbonyl (C=O) groups excluding carboxylic acids is 1. The first kappa shape index (κ1) is 17.2. The van der Waals surface area contributed by atoms with E-state index >= 15 is 0 Å². The second-order valence-corrected chi connectivity index (χ2v) is 6.76. The predicted molar refractivity (Wildman–Crippen MR) is 99.7 cm³/mol. The molecule has 0 aliphatic carbocycles. The summed E-state index contributed by atoms with van der Waals surface area (Å²) in [5, 5.41) is 6.07. The highest BCUT2D eigenvalue weighted by Gasteiger charge is 2.10. The number of aromatic nitrogens is 2. The van der Waals surface area contributed by atoms with E-state index in [4.69, 9.17) is 4.74 Å². The summed E-state index contributed by atoms with van der Waals surface area (Å²) in [6.07, 6.45) is 1.62. The molecule has 130 valence electrons. The van der Waals surface area contributed by atoms with E-state index in [-0.39, 0.29) is 12.5 Å². The van der Waals surface area contributed by atoms with Crippen molar-refractivity contribution in [3.63, 3.8) is 0 Å². The number of nitrogens with zero attached hydrogens (tertiary/aromatic N) is 3. The summed E-state index contributed by atoms with van der Waals surface area (Å²) in [4.78, 5) is 17.3. The van der Waals surface area contributed by atoms with E-state index in [1.54, 1.807) is 17.6 Å². The van der Waals surface area contributed by atoms with Gasteiger partial charge in [0.15, 0.2) is 11.6 Å². The van der Waals surface area contributed by atoms with Crippen molar-refractivity contribution in [2.45, 2.75) is 27.7 Å². The molecule has 0 bridgehead atoms. The molecule has 0 aliphatic rings. The molecule has 3 aromatic rings. The number of aryl methyl sites for hydroxylation is 4. The van der Waals surface area contributed by atoms with Crippen molar-refractivity contribution in [3.05, 3.63) is 51.8 Å². The second-order valence-electron chi connectivity index (χ2n) is 5.93. The minimum atomic E-state index is -0.308. The van der Waals surface area contributed by atoms with Gasteiger partial charge in [0, 0.05) is 11.1 Å². The molecule has 25 heavy (non-hydrogen) atoms. The molecule has 0 radical (unpaired) electrons. The standard InChI is InChI=1S/C18H20N4O2S/c1-11-5-6-12(2)16(7-11)24-9-17(23)21-19-8-15-14(4)20-18-22(15)13(3)10-25-18/h5-8,10H,9H2,1-4H3,(H,21,23)/b19-8+. The van der Waals surface area contributed by atoms with Gasteiger partial charge in [0.1, 0.15) is 5.75 Å². The number of ether oxygens (including phenoxy) is 1. The lowest BCUT2D eigenvalue weighted by atomic mass is 10.1. The van der Waals surface area contributed by atoms with Crippen molar-refractivity contribution in [1.82, 2.24) is 14.8 Å². The molecule has 0 unspecified atom stereocenters. The van der Waals surface area contributed by atoms with Crippen LogP contribution in [-0.2, 0) is 4.79 Å². The molecular formula is C18H20N4O2S. The number of amides is 1. The number of thiazole rings is 1. The van der Waals surface area contributed by atoms with Crippen LogP contribution >= 0.6 is 11.3 Å². The molecule has 2 aromatic heterocycles. The van der Waals surface area contributed by atoms with Gasteiger partial charge in [0.05, 0.1) is 17.6 Å². The number of benzene rings is 1. The molecule has 6 nitrogen and oxygen atoms in total. The summed E-state index contributed by atoms with van der Waals surface area (Å²) < 4.78 is 7.58. The normalized spacial score (nSPS) is 11.4. The van der Waals surface area contributed by atoms with Gasteiger partial charge in [-0.1, -0.05) is 12.1 Å². The highest BCUT2D eigenvalue weighted by Crippen LogP contribution is 2.19. The van der Waals surface area contributed by atoms with E-state index in [1.807, 2.05) is 55.7 Å². The first-order valence-electron chi connectivity index (χ1n) is 7.91. The molecule has 0 aliphatic heterocycles. The number of fused-ring (bicyclic) bond motifs is 1. The van der Waals surface area contributed by atoms with Crippen LogP contribution in [0.15, 0.2) is 28.7 Å². The van der Waals surface area contributed by atoms with Gasteiger partial charge < -0.3 is 4.74 Å². The Bertz CT molecular complexity index is 956. The zero-order chi connectivity index (χ0) is 18.0. The fourth-order valence-electron chi connectivity index (χ4n) is 2.48. The highest BCUT2D eigenvalue weighted by atomic mass is 32.1. The molecule has 0 spiro atoms. The minimum Gasteiger partial charge on any atom is -0.483 e. The first-order chi connectivity index (χ1) is 12.0. The van der Waals surface area contributed by atoms with Gasteiger partial charge in [-0.25, -0.2) is 10.4 Å². The number of hydrazone groups is 1. The van der Waals surface area contributed by atoms with E-state index in [9.17, 15) is 4.79 Å². The van der Waals surface area contributed by atoms with E-state index < -0.39 is 0 Å². The third-order valence-corrected chi connectivity index (χ3v) is 4.78. The van der Waals surface area contributed by atoms with Crippen molar-refractivity contribution >= 4 is 28.4 Å². The van der Waals surface area contributed by atoms with Gasteiger partial charge in [-0.2, -0.15) is 5.10 Å². The number of hydrogen-bond acceptors (Lipinski definition) is 5. The molecule has 7 heteroatoms. The van der Waals surface area contributed by atoms with E-state index in [1.165, 1.54) is 0 Å². The first-order valence-corrected chi connectivity index (χ1v) is 8.79. The maximum atomic E-state index is 11.9. The maximum absolute atomic E-state index is 11.9. The number of imidazole rings is 1. The quantitative estimate of drug-likeness (QED) is 0.564. The molecule has 1 aromatic carbocycles. The van der Waals surface area contributed by atoms with Gasteiger partial charge in [0.2, 0.25) is 0 Å². The van der Waals surface area contributed by atoms with Crippen LogP contribution < -0.4 is 10.2 Å². The molecule has 0 atom stereocenters. The average Bonchev–Trinajstić information content (AvgIpc) is 3.08. The van der Waals surface area contributed by atoms with Crippen LogP contribution in [0.1, 0.15) is 28.2 Å². The van der Waals surface area contributed by atoms with E-state index in [0.717, 1.165) is 33.2 Å². The van der Waals surface area contributed by atoms with E-state index in [0.29, 0.717) is 5.75 Å². The maximum Gasteiger partial charge on any atom is 0.277 e. The van der Waals surface area contributed by atoms with Gasteiger partial charge in [-0.05, 0) is 44.9 Å². The van der Waals surface area contributed by atoms with Crippen molar-refractivity contribution in [2.75, 3.05) is 6.61 Å². The zero-order valence-corrected chi connectivity index (χ0v) is 15.5. The van der Waals surface area contributed by atoms with Crippen LogP contribution in [0.4, 0.5) is 0 Å². The minimum absolute atomic E-state index is 0.0834. The fourth-order valence-corrected chi connectivity index (χ4v) is 3.40. The molecule has 0 saturated heterocycles. The van der Waals surface area contributed by atoms with E-state index in [2.05, 4.69) is 15.5 Å². The highest BCUT2D eigenvalue weighted by molar-refractivity contribution is 7.15. The SMILES string of the molecule is Cc1ccc(C)c(OCC(=O)N/N=C/c2c(C)nc3scc(C)n23)c1. The second kappa shape index (κ2) is 7.06. The van der Waals surface area contributed by atoms with Crippen molar-refractivity contribution in [3.8, 4) is 5.75 Å². The Morgan fingerprint density at radius 1 is 1.36 bits per heavy atom. The summed E-state index contributed by atoms with van der Waals surface area (Å²) in [5.41, 5.74) is 7.41. The summed E-state index contributed by atoms with van der Waals surface area (Å²) in [7, 11) is 0. The third-order valence-electron chi connectivity index (χ3n) is 3.83. The lowest BCUT2D eigenvalue weighted by Gasteiger charge is -2.08. The molecule has 0 saturated carbocycles. The molecule has 1 N–H and O–H groups in total. The lowest BCUT2D eigenvalue weighted by Crippen LogP contribution is -2.24. The molecule has 0 fully saturated rings. The van der Waals surface area contributed by atoms with Crippen LogP contribution in [0.2, 0.25) is 0 Å². The Morgan fingerprint density at radius 2 is 2.16 bits per heavy atom. The van der Waals surface area contributed by atoms with Gasteiger partial charge in [-0.3, -0.25) is 9.20 Å². The number of rotatable bonds is 5. The van der Waals surface area contributed by atoms with Crippen molar-refractivity contribution < 1.29 is 9.53 Å².